The molecule has 3 atom stereocenters. The molecule has 0 saturated carbocycles. The fourth-order valence-corrected chi connectivity index (χ4v) is 5.54. The maximum absolute atomic E-state index is 13.8. The SMILES string of the molecule is COc1cc2c(cc1N(C)[C@H]1CCCN(C(=O)OC(C)(C)C)[C@H]1c1ccccc1)C(C(F)(F)F)CC2. The molecule has 1 amide bonds. The third kappa shape index (κ3) is 5.27. The number of ether oxygens (including phenoxy) is 2. The van der Waals surface area contributed by atoms with Crippen molar-refractivity contribution in [3.8, 4) is 5.75 Å². The van der Waals surface area contributed by atoms with Crippen molar-refractivity contribution in [1.29, 1.82) is 0 Å². The van der Waals surface area contributed by atoms with Crippen LogP contribution in [-0.4, -0.2) is 49.5 Å². The second kappa shape index (κ2) is 9.87. The molecule has 2 aromatic carbocycles. The first-order valence-corrected chi connectivity index (χ1v) is 12.5. The van der Waals surface area contributed by atoms with Crippen LogP contribution in [0.4, 0.5) is 23.7 Å². The van der Waals surface area contributed by atoms with Gasteiger partial charge in [-0.15, -0.1) is 0 Å². The minimum absolute atomic E-state index is 0.0532. The number of rotatable bonds is 4. The molecule has 1 fully saturated rings. The minimum atomic E-state index is -4.29. The van der Waals surface area contributed by atoms with Gasteiger partial charge in [-0.2, -0.15) is 13.2 Å². The third-order valence-electron chi connectivity index (χ3n) is 7.16. The van der Waals surface area contributed by atoms with Gasteiger partial charge in [0.25, 0.3) is 0 Å². The number of fused-ring (bicyclic) bond motifs is 1. The molecule has 5 nitrogen and oxygen atoms in total. The molecule has 196 valence electrons. The number of likely N-dealkylation sites (tertiary alicyclic amines) is 1. The number of carbonyl (C=O) groups excluding carboxylic acids is 1. The number of nitrogens with zero attached hydrogens (tertiary/aromatic N) is 2. The van der Waals surface area contributed by atoms with Crippen molar-refractivity contribution in [2.24, 2.45) is 0 Å². The molecule has 0 aromatic heterocycles. The van der Waals surface area contributed by atoms with Gasteiger partial charge in [0.1, 0.15) is 11.4 Å². The topological polar surface area (TPSA) is 42.0 Å². The van der Waals surface area contributed by atoms with E-state index in [1.54, 1.807) is 17.0 Å². The number of amides is 1. The van der Waals surface area contributed by atoms with Crippen LogP contribution in [-0.2, 0) is 11.2 Å². The molecule has 1 aliphatic heterocycles. The van der Waals surface area contributed by atoms with Crippen LogP contribution in [0.2, 0.25) is 0 Å². The van der Waals surface area contributed by atoms with E-state index in [-0.39, 0.29) is 18.5 Å². The fraction of sp³-hybridized carbons (Fsp3) is 0.536. The third-order valence-corrected chi connectivity index (χ3v) is 7.16. The summed E-state index contributed by atoms with van der Waals surface area (Å²) in [4.78, 5) is 17.0. The van der Waals surface area contributed by atoms with Gasteiger partial charge in [-0.1, -0.05) is 30.3 Å². The predicted octanol–water partition coefficient (Wildman–Crippen LogP) is 6.86. The van der Waals surface area contributed by atoms with E-state index in [1.165, 1.54) is 7.11 Å². The zero-order valence-corrected chi connectivity index (χ0v) is 21.6. The first-order chi connectivity index (χ1) is 16.9. The number of halogens is 3. The number of anilines is 1. The van der Waals surface area contributed by atoms with Gasteiger partial charge in [-0.05, 0) is 75.3 Å². The van der Waals surface area contributed by atoms with Crippen molar-refractivity contribution in [2.45, 2.75) is 76.2 Å². The molecule has 1 unspecified atom stereocenters. The molecule has 8 heteroatoms. The van der Waals surface area contributed by atoms with Gasteiger partial charge in [0.05, 0.1) is 30.8 Å². The molecule has 1 heterocycles. The smallest absolute Gasteiger partial charge is 0.410 e. The van der Waals surface area contributed by atoms with E-state index in [0.29, 0.717) is 35.5 Å². The van der Waals surface area contributed by atoms with Gasteiger partial charge in [0.2, 0.25) is 0 Å². The standard InChI is InChI=1S/C28H35F3N2O3/c1-27(2,3)36-26(34)33-15-9-12-22(25(33)18-10-7-6-8-11-18)32(4)23-17-20-19(16-24(23)35-5)13-14-21(20)28(29,30)31/h6-8,10-11,16-17,21-22,25H,9,12-15H2,1-5H3/t21?,22-,25-/m0/s1. The van der Waals surface area contributed by atoms with Crippen LogP contribution in [0.25, 0.3) is 0 Å². The molecular weight excluding hydrogens is 469 g/mol. The molecule has 36 heavy (non-hydrogen) atoms. The predicted molar refractivity (Wildman–Crippen MR) is 134 cm³/mol. The zero-order chi connectivity index (χ0) is 26.3. The number of aryl methyl sites for hydroxylation is 1. The van der Waals surface area contributed by atoms with E-state index in [1.807, 2.05) is 63.1 Å². The van der Waals surface area contributed by atoms with E-state index >= 15 is 0 Å². The Morgan fingerprint density at radius 3 is 2.39 bits per heavy atom. The molecule has 1 saturated heterocycles. The number of benzene rings is 2. The summed E-state index contributed by atoms with van der Waals surface area (Å²) in [5, 5.41) is 0. The maximum atomic E-state index is 13.8. The second-order valence-electron chi connectivity index (χ2n) is 10.7. The summed E-state index contributed by atoms with van der Waals surface area (Å²) < 4.78 is 52.7. The van der Waals surface area contributed by atoms with Crippen molar-refractivity contribution >= 4 is 11.8 Å². The van der Waals surface area contributed by atoms with Crippen LogP contribution in [0.15, 0.2) is 42.5 Å². The Balaban J connectivity index is 1.75. The van der Waals surface area contributed by atoms with Crippen LogP contribution < -0.4 is 9.64 Å². The Labute approximate surface area is 211 Å². The average molecular weight is 505 g/mol. The molecule has 1 aliphatic carbocycles. The van der Waals surface area contributed by atoms with Crippen molar-refractivity contribution in [3.05, 3.63) is 59.2 Å². The van der Waals surface area contributed by atoms with Crippen molar-refractivity contribution in [2.75, 3.05) is 25.6 Å². The molecule has 0 radical (unpaired) electrons. The molecule has 0 spiro atoms. The highest BCUT2D eigenvalue weighted by Gasteiger charge is 2.45. The van der Waals surface area contributed by atoms with Crippen molar-refractivity contribution < 1.29 is 27.4 Å². The van der Waals surface area contributed by atoms with Gasteiger partial charge >= 0.3 is 12.3 Å². The number of likely N-dealkylation sites (N-methyl/N-ethyl adjacent to an activating group) is 1. The zero-order valence-electron chi connectivity index (χ0n) is 21.6. The largest absolute Gasteiger partial charge is 0.495 e. The quantitative estimate of drug-likeness (QED) is 0.456. The van der Waals surface area contributed by atoms with E-state index in [4.69, 9.17) is 9.47 Å². The summed E-state index contributed by atoms with van der Waals surface area (Å²) in [6.45, 7) is 6.05. The molecule has 0 N–H and O–H groups in total. The van der Waals surface area contributed by atoms with Crippen LogP contribution in [0, 0.1) is 0 Å². The molecule has 4 rings (SSSR count). The van der Waals surface area contributed by atoms with E-state index in [9.17, 15) is 18.0 Å². The summed E-state index contributed by atoms with van der Waals surface area (Å²) >= 11 is 0. The molecule has 0 bridgehead atoms. The van der Waals surface area contributed by atoms with Gasteiger partial charge in [-0.25, -0.2) is 4.79 Å². The number of piperidine rings is 1. The average Bonchev–Trinajstić information content (AvgIpc) is 3.25. The first-order valence-electron chi connectivity index (χ1n) is 12.5. The van der Waals surface area contributed by atoms with Crippen LogP contribution in [0.3, 0.4) is 0 Å². The lowest BCUT2D eigenvalue weighted by Gasteiger charge is -2.46. The lowest BCUT2D eigenvalue weighted by Crippen LogP contribution is -2.52. The van der Waals surface area contributed by atoms with Gasteiger partial charge in [-0.3, -0.25) is 4.90 Å². The van der Waals surface area contributed by atoms with Gasteiger partial charge in [0, 0.05) is 13.6 Å². The number of methoxy groups -OCH3 is 1. The Morgan fingerprint density at radius 2 is 1.78 bits per heavy atom. The molecule has 2 aromatic rings. The summed E-state index contributed by atoms with van der Waals surface area (Å²) in [6.07, 6.45) is -2.75. The van der Waals surface area contributed by atoms with Crippen LogP contribution >= 0.6 is 0 Å². The van der Waals surface area contributed by atoms with E-state index < -0.39 is 23.8 Å². The summed E-state index contributed by atoms with van der Waals surface area (Å²) in [5.41, 5.74) is 1.91. The van der Waals surface area contributed by atoms with Gasteiger partial charge in [0.15, 0.2) is 0 Å². The summed E-state index contributed by atoms with van der Waals surface area (Å²) in [6, 6.07) is 12.6. The molecule has 2 aliphatic rings. The number of carbonyl (C=O) groups is 1. The summed E-state index contributed by atoms with van der Waals surface area (Å²) in [7, 11) is 3.42. The van der Waals surface area contributed by atoms with E-state index in [0.717, 1.165) is 18.4 Å². The normalized spacial score (nSPS) is 22.2. The number of alkyl halides is 3. The Bertz CT molecular complexity index is 1080. The Kier molecular flexibility index (Phi) is 7.17. The number of hydrogen-bond donors (Lipinski definition) is 0. The Morgan fingerprint density at radius 1 is 1.08 bits per heavy atom. The highest BCUT2D eigenvalue weighted by molar-refractivity contribution is 5.70. The fourth-order valence-electron chi connectivity index (χ4n) is 5.54. The Hall–Kier alpha value is -2.90. The van der Waals surface area contributed by atoms with E-state index in [2.05, 4.69) is 0 Å². The first kappa shape index (κ1) is 26.2. The second-order valence-corrected chi connectivity index (χ2v) is 10.7. The van der Waals surface area contributed by atoms with Gasteiger partial charge < -0.3 is 14.4 Å². The van der Waals surface area contributed by atoms with Crippen LogP contribution in [0.1, 0.15) is 68.7 Å². The minimum Gasteiger partial charge on any atom is -0.495 e. The van der Waals surface area contributed by atoms with Crippen molar-refractivity contribution in [3.63, 3.8) is 0 Å². The maximum Gasteiger partial charge on any atom is 0.410 e. The lowest BCUT2D eigenvalue weighted by atomic mass is 9.89. The van der Waals surface area contributed by atoms with Crippen LogP contribution in [0.5, 0.6) is 5.75 Å². The highest BCUT2D eigenvalue weighted by atomic mass is 19.4. The lowest BCUT2D eigenvalue weighted by molar-refractivity contribution is -0.149. The highest BCUT2D eigenvalue weighted by Crippen LogP contribution is 2.48. The number of hydrogen-bond acceptors (Lipinski definition) is 4. The van der Waals surface area contributed by atoms with Crippen molar-refractivity contribution in [1.82, 2.24) is 4.90 Å². The molecular formula is C28H35F3N2O3. The summed E-state index contributed by atoms with van der Waals surface area (Å²) in [5.74, 6) is -0.930. The monoisotopic (exact) mass is 504 g/mol.